The van der Waals surface area contributed by atoms with Gasteiger partial charge in [0.25, 0.3) is 0 Å². The molecule has 146 valence electrons. The second-order valence-corrected chi connectivity index (χ2v) is 9.42. The van der Waals surface area contributed by atoms with E-state index >= 15 is 0 Å². The third-order valence-electron chi connectivity index (χ3n) is 6.38. The van der Waals surface area contributed by atoms with E-state index in [0.29, 0.717) is 24.8 Å². The summed E-state index contributed by atoms with van der Waals surface area (Å²) in [6.07, 6.45) is 3.17. The Morgan fingerprint density at radius 3 is 2.57 bits per heavy atom. The highest BCUT2D eigenvalue weighted by atomic mass is 32.1. The second kappa shape index (κ2) is 7.20. The molecule has 0 N–H and O–H groups in total. The van der Waals surface area contributed by atoms with Gasteiger partial charge in [-0.3, -0.25) is 4.98 Å². The first-order valence-corrected chi connectivity index (χ1v) is 11.1. The minimum absolute atomic E-state index is 0.566. The standard InChI is InChI=1S/C23H26FN3S/c1-14-3-5-20(15(2)25-14)16-4-6-21-22(13-16)28-23(26-21)17-11-19(12-17)27-9-7-18(24)8-10-27/h3-6,13,17-19H,7-12H2,1-2H3/i24-1. The average molecular weight is 395 g/mol. The van der Waals surface area contributed by atoms with E-state index in [9.17, 15) is 4.39 Å². The maximum Gasteiger partial charge on any atom is 0.103 e. The number of fused-ring (bicyclic) bond motifs is 1. The Balaban J connectivity index is 1.32. The van der Waals surface area contributed by atoms with Crippen molar-refractivity contribution in [3.8, 4) is 11.1 Å². The second-order valence-electron chi connectivity index (χ2n) is 8.35. The number of piperidine rings is 1. The van der Waals surface area contributed by atoms with Crippen LogP contribution >= 0.6 is 11.3 Å². The lowest BCUT2D eigenvalue weighted by Crippen LogP contribution is -2.47. The number of aromatic nitrogens is 2. The number of aryl methyl sites for hydroxylation is 2. The van der Waals surface area contributed by atoms with Gasteiger partial charge >= 0.3 is 0 Å². The van der Waals surface area contributed by atoms with Gasteiger partial charge in [0.05, 0.1) is 15.2 Å². The maximum atomic E-state index is 13.4. The zero-order valence-corrected chi connectivity index (χ0v) is 17.3. The van der Waals surface area contributed by atoms with Gasteiger partial charge in [0.15, 0.2) is 0 Å². The first-order valence-electron chi connectivity index (χ1n) is 10.3. The zero-order valence-electron chi connectivity index (χ0n) is 16.5. The van der Waals surface area contributed by atoms with Crippen molar-refractivity contribution in [3.63, 3.8) is 0 Å². The molecule has 0 radical (unpaired) electrons. The Morgan fingerprint density at radius 1 is 1.04 bits per heavy atom. The first kappa shape index (κ1) is 18.2. The molecule has 5 rings (SSSR count). The number of rotatable bonds is 3. The summed E-state index contributed by atoms with van der Waals surface area (Å²) in [7, 11) is 0. The molecular weight excluding hydrogens is 368 g/mol. The van der Waals surface area contributed by atoms with Crippen LogP contribution in [0.1, 0.15) is 48.0 Å². The molecule has 0 unspecified atom stereocenters. The largest absolute Gasteiger partial charge is 0.300 e. The molecule has 0 bridgehead atoms. The predicted molar refractivity (Wildman–Crippen MR) is 114 cm³/mol. The summed E-state index contributed by atoms with van der Waals surface area (Å²) in [6, 6.07) is 11.4. The lowest BCUT2D eigenvalue weighted by atomic mass is 9.79. The van der Waals surface area contributed by atoms with Crippen LogP contribution in [0.15, 0.2) is 30.3 Å². The number of alkyl halides is 1. The number of nitrogens with zero attached hydrogens (tertiary/aromatic N) is 3. The highest BCUT2D eigenvalue weighted by molar-refractivity contribution is 7.18. The fourth-order valence-electron chi connectivity index (χ4n) is 4.60. The molecule has 1 aliphatic carbocycles. The van der Waals surface area contributed by atoms with E-state index in [0.717, 1.165) is 30.0 Å². The normalized spacial score (nSPS) is 23.8. The molecule has 28 heavy (non-hydrogen) atoms. The minimum atomic E-state index is -0.585. The van der Waals surface area contributed by atoms with E-state index in [2.05, 4.69) is 47.1 Å². The molecule has 1 aromatic carbocycles. The van der Waals surface area contributed by atoms with Crippen molar-refractivity contribution >= 4 is 21.6 Å². The van der Waals surface area contributed by atoms with Gasteiger partial charge in [-0.2, -0.15) is 0 Å². The highest BCUT2D eigenvalue weighted by Crippen LogP contribution is 2.43. The molecule has 5 heteroatoms. The number of pyridine rings is 1. The smallest absolute Gasteiger partial charge is 0.103 e. The van der Waals surface area contributed by atoms with Gasteiger partial charge in [-0.15, -0.1) is 11.3 Å². The van der Waals surface area contributed by atoms with Crippen LogP contribution in [-0.4, -0.2) is 40.2 Å². The van der Waals surface area contributed by atoms with Crippen LogP contribution in [-0.2, 0) is 0 Å². The maximum absolute atomic E-state index is 13.4. The van der Waals surface area contributed by atoms with Crippen LogP contribution in [0.25, 0.3) is 21.3 Å². The number of hydrogen-bond acceptors (Lipinski definition) is 4. The summed E-state index contributed by atoms with van der Waals surface area (Å²) in [4.78, 5) is 12.0. The lowest BCUT2D eigenvalue weighted by molar-refractivity contribution is 0.0610. The lowest BCUT2D eigenvalue weighted by Gasteiger charge is -2.44. The van der Waals surface area contributed by atoms with Gasteiger partial charge in [0.1, 0.15) is 6.17 Å². The van der Waals surface area contributed by atoms with Gasteiger partial charge in [0.2, 0.25) is 0 Å². The topological polar surface area (TPSA) is 29.0 Å². The number of hydrogen-bond donors (Lipinski definition) is 0. The summed E-state index contributed by atoms with van der Waals surface area (Å²) in [6.45, 7) is 5.95. The number of thiazole rings is 1. The number of halogens is 1. The van der Waals surface area contributed by atoms with Crippen LogP contribution in [0.3, 0.4) is 0 Å². The van der Waals surface area contributed by atoms with Crippen molar-refractivity contribution in [3.05, 3.63) is 46.7 Å². The molecule has 0 atom stereocenters. The Labute approximate surface area is 169 Å². The van der Waals surface area contributed by atoms with Crippen molar-refractivity contribution in [2.75, 3.05) is 13.1 Å². The third kappa shape index (κ3) is 3.35. The zero-order chi connectivity index (χ0) is 19.3. The minimum Gasteiger partial charge on any atom is -0.300 e. The third-order valence-corrected chi connectivity index (χ3v) is 7.56. The van der Waals surface area contributed by atoms with Crippen LogP contribution in [0.2, 0.25) is 0 Å². The van der Waals surface area contributed by atoms with Crippen molar-refractivity contribution in [2.45, 2.75) is 57.7 Å². The molecule has 3 nitrogen and oxygen atoms in total. The van der Waals surface area contributed by atoms with E-state index in [1.807, 2.05) is 18.3 Å². The Kier molecular flexibility index (Phi) is 4.68. The predicted octanol–water partition coefficient (Wildman–Crippen LogP) is 5.66. The summed E-state index contributed by atoms with van der Waals surface area (Å²) >= 11 is 1.84. The van der Waals surface area contributed by atoms with E-state index < -0.39 is 6.17 Å². The fourth-order valence-corrected chi connectivity index (χ4v) is 5.73. The van der Waals surface area contributed by atoms with Crippen LogP contribution < -0.4 is 0 Å². The summed E-state index contributed by atoms with van der Waals surface area (Å²) in [5.41, 5.74) is 5.64. The fraction of sp³-hybridized carbons (Fsp3) is 0.478. The average Bonchev–Trinajstić information content (AvgIpc) is 3.04. The van der Waals surface area contributed by atoms with Gasteiger partial charge in [-0.25, -0.2) is 9.37 Å². The molecule has 3 heterocycles. The molecule has 2 aliphatic rings. The SMILES string of the molecule is Cc1ccc(-c2ccc3nc(C4CC(N5CCC([18F])CC5)C4)sc3c2)c(C)n1. The highest BCUT2D eigenvalue weighted by Gasteiger charge is 2.37. The number of likely N-dealkylation sites (tertiary alicyclic amines) is 1. The Bertz CT molecular complexity index is 1000. The van der Waals surface area contributed by atoms with E-state index in [1.54, 1.807) is 0 Å². The molecule has 0 amide bonds. The Morgan fingerprint density at radius 2 is 1.82 bits per heavy atom. The molecule has 1 saturated heterocycles. The quantitative estimate of drug-likeness (QED) is 0.574. The van der Waals surface area contributed by atoms with Gasteiger partial charge in [0, 0.05) is 42.0 Å². The van der Waals surface area contributed by atoms with Crippen molar-refractivity contribution < 1.29 is 4.39 Å². The van der Waals surface area contributed by atoms with Crippen LogP contribution in [0, 0.1) is 13.8 Å². The monoisotopic (exact) mass is 394 g/mol. The van der Waals surface area contributed by atoms with Gasteiger partial charge in [-0.05, 0) is 63.3 Å². The van der Waals surface area contributed by atoms with Crippen LogP contribution in [0.5, 0.6) is 0 Å². The van der Waals surface area contributed by atoms with Crippen molar-refractivity contribution in [1.82, 2.24) is 14.9 Å². The molecule has 3 aromatic rings. The Hall–Kier alpha value is -1.85. The van der Waals surface area contributed by atoms with E-state index in [1.165, 1.54) is 33.7 Å². The molecule has 2 fully saturated rings. The molecule has 0 spiro atoms. The number of benzene rings is 1. The van der Waals surface area contributed by atoms with E-state index in [4.69, 9.17) is 4.98 Å². The summed E-state index contributed by atoms with van der Waals surface area (Å²) < 4.78 is 14.6. The van der Waals surface area contributed by atoms with Crippen molar-refractivity contribution in [2.24, 2.45) is 0 Å². The van der Waals surface area contributed by atoms with Crippen molar-refractivity contribution in [1.29, 1.82) is 0 Å². The van der Waals surface area contributed by atoms with Gasteiger partial charge < -0.3 is 4.90 Å². The van der Waals surface area contributed by atoms with Gasteiger partial charge in [-0.1, -0.05) is 12.1 Å². The summed E-state index contributed by atoms with van der Waals surface area (Å²) in [5, 5.41) is 1.27. The first-order chi connectivity index (χ1) is 13.6. The van der Waals surface area contributed by atoms with Crippen LogP contribution in [0.4, 0.5) is 4.39 Å². The molecule has 2 aromatic heterocycles. The summed E-state index contributed by atoms with van der Waals surface area (Å²) in [5.74, 6) is 0.566. The molecule has 1 aliphatic heterocycles. The van der Waals surface area contributed by atoms with E-state index in [-0.39, 0.29) is 0 Å². The molecular formula is C23H26FN3S. The molecule has 1 saturated carbocycles.